The fraction of sp³-hybridized carbons (Fsp3) is 0.125. The van der Waals surface area contributed by atoms with Gasteiger partial charge in [0, 0.05) is 5.69 Å². The average molecular weight is 252 g/mol. The van der Waals surface area contributed by atoms with Gasteiger partial charge < -0.3 is 14.7 Å². The van der Waals surface area contributed by atoms with E-state index in [2.05, 4.69) is 0 Å². The standard InChI is InChI=1S/C16H15NO2/c1-19-14-9-7-13(8-10-14)17-15(11-16(17)18)12-5-3-2-4-6-12/h2-11,15,18H,1H3/p-1. The molecule has 1 aliphatic rings. The number of hydrogen-bond donors (Lipinski definition) is 0. The predicted octanol–water partition coefficient (Wildman–Crippen LogP) is 2.46. The van der Waals surface area contributed by atoms with Crippen LogP contribution in [0.25, 0.3) is 0 Å². The lowest BCUT2D eigenvalue weighted by atomic mass is 9.99. The monoisotopic (exact) mass is 252 g/mol. The van der Waals surface area contributed by atoms with Crippen molar-refractivity contribution >= 4 is 5.69 Å². The second kappa shape index (κ2) is 4.69. The zero-order valence-electron chi connectivity index (χ0n) is 10.6. The Hall–Kier alpha value is -2.42. The molecule has 0 fully saturated rings. The van der Waals surface area contributed by atoms with Gasteiger partial charge in [0.2, 0.25) is 0 Å². The molecule has 0 bridgehead atoms. The summed E-state index contributed by atoms with van der Waals surface area (Å²) in [5.41, 5.74) is 2.01. The van der Waals surface area contributed by atoms with Gasteiger partial charge in [0.25, 0.3) is 0 Å². The fourth-order valence-electron chi connectivity index (χ4n) is 2.27. The van der Waals surface area contributed by atoms with Crippen LogP contribution in [-0.4, -0.2) is 7.11 Å². The van der Waals surface area contributed by atoms with Crippen LogP contribution in [0.1, 0.15) is 11.6 Å². The van der Waals surface area contributed by atoms with Crippen molar-refractivity contribution in [3.63, 3.8) is 0 Å². The van der Waals surface area contributed by atoms with Crippen LogP contribution >= 0.6 is 0 Å². The molecule has 19 heavy (non-hydrogen) atoms. The van der Waals surface area contributed by atoms with Crippen LogP contribution in [-0.2, 0) is 0 Å². The quantitative estimate of drug-likeness (QED) is 0.841. The van der Waals surface area contributed by atoms with Crippen LogP contribution in [0.5, 0.6) is 5.75 Å². The minimum Gasteiger partial charge on any atom is -0.860 e. The third kappa shape index (κ3) is 2.03. The van der Waals surface area contributed by atoms with Crippen molar-refractivity contribution in [3.05, 3.63) is 72.1 Å². The van der Waals surface area contributed by atoms with E-state index in [1.807, 2.05) is 54.6 Å². The van der Waals surface area contributed by atoms with E-state index >= 15 is 0 Å². The van der Waals surface area contributed by atoms with Gasteiger partial charge in [0.05, 0.1) is 13.2 Å². The van der Waals surface area contributed by atoms with Gasteiger partial charge in [-0.25, -0.2) is 0 Å². The van der Waals surface area contributed by atoms with Gasteiger partial charge in [0.1, 0.15) is 5.75 Å². The molecule has 0 aromatic heterocycles. The predicted molar refractivity (Wildman–Crippen MR) is 72.7 cm³/mol. The normalized spacial score (nSPS) is 17.6. The lowest BCUT2D eigenvalue weighted by Crippen LogP contribution is -2.41. The molecule has 0 aliphatic carbocycles. The van der Waals surface area contributed by atoms with Crippen molar-refractivity contribution in [1.29, 1.82) is 0 Å². The van der Waals surface area contributed by atoms with E-state index in [9.17, 15) is 5.11 Å². The summed E-state index contributed by atoms with van der Waals surface area (Å²) in [6.07, 6.45) is 1.74. The van der Waals surface area contributed by atoms with Gasteiger partial charge in [-0.1, -0.05) is 30.3 Å². The third-order valence-corrected chi connectivity index (χ3v) is 3.31. The zero-order valence-corrected chi connectivity index (χ0v) is 10.6. The molecule has 0 spiro atoms. The highest BCUT2D eigenvalue weighted by atomic mass is 16.5. The van der Waals surface area contributed by atoms with Crippen molar-refractivity contribution in [3.8, 4) is 5.75 Å². The van der Waals surface area contributed by atoms with E-state index in [4.69, 9.17) is 4.74 Å². The SMILES string of the molecule is COc1ccc(N2C([O-])=CC2c2ccccc2)cc1. The molecule has 0 amide bonds. The summed E-state index contributed by atoms with van der Waals surface area (Å²) in [5.74, 6) is 0.830. The van der Waals surface area contributed by atoms with Crippen molar-refractivity contribution in [1.82, 2.24) is 0 Å². The number of nitrogens with zero attached hydrogens (tertiary/aromatic N) is 1. The van der Waals surface area contributed by atoms with Crippen molar-refractivity contribution < 1.29 is 9.84 Å². The topological polar surface area (TPSA) is 35.5 Å². The summed E-state index contributed by atoms with van der Waals surface area (Å²) in [6.45, 7) is 0. The summed E-state index contributed by atoms with van der Waals surface area (Å²) in [4.78, 5) is 1.79. The molecule has 0 N–H and O–H groups in total. The average Bonchev–Trinajstić information content (AvgIpc) is 2.46. The Bertz CT molecular complexity index is 590. The van der Waals surface area contributed by atoms with Gasteiger partial charge in [-0.2, -0.15) is 0 Å². The van der Waals surface area contributed by atoms with Crippen molar-refractivity contribution in [2.24, 2.45) is 0 Å². The van der Waals surface area contributed by atoms with Crippen molar-refractivity contribution in [2.45, 2.75) is 6.04 Å². The number of anilines is 1. The largest absolute Gasteiger partial charge is 0.860 e. The Morgan fingerprint density at radius 2 is 1.68 bits per heavy atom. The molecule has 0 saturated heterocycles. The van der Waals surface area contributed by atoms with E-state index in [0.29, 0.717) is 0 Å². The maximum atomic E-state index is 11.8. The minimum atomic E-state index is 0.0297. The molecule has 3 rings (SSSR count). The molecule has 3 heteroatoms. The van der Waals surface area contributed by atoms with E-state index in [1.165, 1.54) is 0 Å². The molecule has 3 nitrogen and oxygen atoms in total. The summed E-state index contributed by atoms with van der Waals surface area (Å²) in [7, 11) is 1.63. The molecular weight excluding hydrogens is 238 g/mol. The summed E-state index contributed by atoms with van der Waals surface area (Å²) in [6, 6.07) is 17.6. The minimum absolute atomic E-state index is 0.0297. The second-order valence-electron chi connectivity index (χ2n) is 4.43. The van der Waals surface area contributed by atoms with Crippen LogP contribution < -0.4 is 14.7 Å². The van der Waals surface area contributed by atoms with E-state index in [0.717, 1.165) is 17.0 Å². The lowest BCUT2D eigenvalue weighted by Gasteiger charge is -2.45. The molecular formula is C16H14NO2-. The highest BCUT2D eigenvalue weighted by Gasteiger charge is 2.25. The lowest BCUT2D eigenvalue weighted by molar-refractivity contribution is -0.312. The molecule has 96 valence electrons. The molecule has 0 saturated carbocycles. The number of benzene rings is 2. The molecule has 1 unspecified atom stereocenters. The summed E-state index contributed by atoms with van der Waals surface area (Å²) >= 11 is 0. The Kier molecular flexibility index (Phi) is 2.88. The first-order valence-corrected chi connectivity index (χ1v) is 6.16. The first-order chi connectivity index (χ1) is 9.29. The first-order valence-electron chi connectivity index (χ1n) is 6.16. The highest BCUT2D eigenvalue weighted by Crippen LogP contribution is 2.38. The number of ether oxygens (including phenoxy) is 1. The second-order valence-corrected chi connectivity index (χ2v) is 4.43. The Morgan fingerprint density at radius 1 is 1.00 bits per heavy atom. The molecule has 2 aromatic rings. The van der Waals surface area contributed by atoms with E-state index in [1.54, 1.807) is 18.1 Å². The Morgan fingerprint density at radius 3 is 2.26 bits per heavy atom. The molecule has 0 radical (unpaired) electrons. The van der Waals surface area contributed by atoms with Gasteiger partial charge in [-0.15, -0.1) is 0 Å². The Balaban J connectivity index is 1.89. The van der Waals surface area contributed by atoms with Gasteiger partial charge >= 0.3 is 0 Å². The zero-order chi connectivity index (χ0) is 13.2. The molecule has 1 heterocycles. The molecule has 1 atom stereocenters. The van der Waals surface area contributed by atoms with E-state index in [-0.39, 0.29) is 11.9 Å². The van der Waals surface area contributed by atoms with Crippen LogP contribution in [0.15, 0.2) is 66.6 Å². The van der Waals surface area contributed by atoms with Gasteiger partial charge in [0.15, 0.2) is 0 Å². The van der Waals surface area contributed by atoms with Gasteiger partial charge in [-0.3, -0.25) is 0 Å². The maximum Gasteiger partial charge on any atom is 0.119 e. The smallest absolute Gasteiger partial charge is 0.119 e. The summed E-state index contributed by atoms with van der Waals surface area (Å²) < 4.78 is 5.13. The van der Waals surface area contributed by atoms with Crippen LogP contribution in [0, 0.1) is 0 Å². The first kappa shape index (κ1) is 11.7. The number of methoxy groups -OCH3 is 1. The third-order valence-electron chi connectivity index (χ3n) is 3.31. The highest BCUT2D eigenvalue weighted by molar-refractivity contribution is 5.60. The van der Waals surface area contributed by atoms with Crippen molar-refractivity contribution in [2.75, 3.05) is 12.0 Å². The molecule has 2 aromatic carbocycles. The fourth-order valence-corrected chi connectivity index (χ4v) is 2.27. The molecule has 1 aliphatic heterocycles. The van der Waals surface area contributed by atoms with Crippen LogP contribution in [0.2, 0.25) is 0 Å². The Labute approximate surface area is 112 Å². The number of rotatable bonds is 3. The maximum absolute atomic E-state index is 11.8. The number of hydrogen-bond acceptors (Lipinski definition) is 3. The van der Waals surface area contributed by atoms with Crippen LogP contribution in [0.3, 0.4) is 0 Å². The van der Waals surface area contributed by atoms with Gasteiger partial charge in [-0.05, 0) is 41.8 Å². The summed E-state index contributed by atoms with van der Waals surface area (Å²) in [5, 5.41) is 11.8. The van der Waals surface area contributed by atoms with E-state index < -0.39 is 0 Å². The van der Waals surface area contributed by atoms with Crippen LogP contribution in [0.4, 0.5) is 5.69 Å².